The second-order valence-electron chi connectivity index (χ2n) is 5.76. The Bertz CT molecular complexity index is 428. The van der Waals surface area contributed by atoms with Crippen molar-refractivity contribution >= 4 is 5.97 Å². The monoisotopic (exact) mass is 278 g/mol. The van der Waals surface area contributed by atoms with Gasteiger partial charge in [0.15, 0.2) is 0 Å². The van der Waals surface area contributed by atoms with Crippen molar-refractivity contribution in [1.29, 1.82) is 0 Å². The Hall–Kier alpha value is -1.35. The SMILES string of the molecule is CCOC(=O)C=C(C)C=CC=C(C)CCC1OC1(C)C. The molecular formula is C17H26O3. The Morgan fingerprint density at radius 3 is 2.55 bits per heavy atom. The lowest BCUT2D eigenvalue weighted by atomic mass is 10.0. The molecule has 0 aromatic rings. The highest BCUT2D eigenvalue weighted by atomic mass is 16.6. The summed E-state index contributed by atoms with van der Waals surface area (Å²) in [4.78, 5) is 11.2. The minimum Gasteiger partial charge on any atom is -0.463 e. The first-order valence-electron chi connectivity index (χ1n) is 7.22. The maximum Gasteiger partial charge on any atom is 0.330 e. The first kappa shape index (κ1) is 16.7. The lowest BCUT2D eigenvalue weighted by Crippen LogP contribution is -2.02. The lowest BCUT2D eigenvalue weighted by Gasteiger charge is -1.99. The fourth-order valence-corrected chi connectivity index (χ4v) is 1.96. The highest BCUT2D eigenvalue weighted by Crippen LogP contribution is 2.38. The summed E-state index contributed by atoms with van der Waals surface area (Å²) >= 11 is 0. The quantitative estimate of drug-likeness (QED) is 0.306. The van der Waals surface area contributed by atoms with Gasteiger partial charge in [-0.2, -0.15) is 0 Å². The van der Waals surface area contributed by atoms with E-state index in [-0.39, 0.29) is 11.6 Å². The molecule has 3 heteroatoms. The third-order valence-corrected chi connectivity index (χ3v) is 3.34. The van der Waals surface area contributed by atoms with Crippen molar-refractivity contribution < 1.29 is 14.3 Å². The van der Waals surface area contributed by atoms with Crippen molar-refractivity contribution in [3.8, 4) is 0 Å². The summed E-state index contributed by atoms with van der Waals surface area (Å²) in [6.45, 7) is 10.5. The van der Waals surface area contributed by atoms with E-state index in [4.69, 9.17) is 9.47 Å². The number of hydrogen-bond acceptors (Lipinski definition) is 3. The van der Waals surface area contributed by atoms with Crippen LogP contribution in [-0.4, -0.2) is 24.3 Å². The van der Waals surface area contributed by atoms with Crippen LogP contribution in [0.2, 0.25) is 0 Å². The maximum absolute atomic E-state index is 11.2. The number of ether oxygens (including phenoxy) is 2. The van der Waals surface area contributed by atoms with Gasteiger partial charge in [0.1, 0.15) is 0 Å². The van der Waals surface area contributed by atoms with Crippen molar-refractivity contribution in [2.75, 3.05) is 6.61 Å². The fourth-order valence-electron chi connectivity index (χ4n) is 1.96. The molecule has 0 aliphatic carbocycles. The minimum absolute atomic E-state index is 0.0785. The van der Waals surface area contributed by atoms with E-state index in [1.54, 1.807) is 6.92 Å². The van der Waals surface area contributed by atoms with Crippen LogP contribution in [-0.2, 0) is 14.3 Å². The summed E-state index contributed by atoms with van der Waals surface area (Å²) in [5, 5.41) is 0. The molecule has 1 unspecified atom stereocenters. The molecule has 1 fully saturated rings. The van der Waals surface area contributed by atoms with E-state index in [1.165, 1.54) is 11.6 Å². The third-order valence-electron chi connectivity index (χ3n) is 3.34. The molecule has 1 saturated heterocycles. The number of carbonyl (C=O) groups excluding carboxylic acids is 1. The van der Waals surface area contributed by atoms with Gasteiger partial charge in [-0.15, -0.1) is 0 Å². The molecule has 3 nitrogen and oxygen atoms in total. The molecule has 0 spiro atoms. The molecule has 0 N–H and O–H groups in total. The van der Waals surface area contributed by atoms with Gasteiger partial charge in [0, 0.05) is 6.08 Å². The number of hydrogen-bond donors (Lipinski definition) is 0. The third kappa shape index (κ3) is 6.20. The van der Waals surface area contributed by atoms with Crippen LogP contribution in [0.4, 0.5) is 0 Å². The molecule has 112 valence electrons. The molecule has 1 aliphatic heterocycles. The first-order valence-corrected chi connectivity index (χ1v) is 7.22. The van der Waals surface area contributed by atoms with Gasteiger partial charge in [0.05, 0.1) is 18.3 Å². The van der Waals surface area contributed by atoms with E-state index in [0.717, 1.165) is 18.4 Å². The number of rotatable bonds is 7. The Balaban J connectivity index is 2.34. The Labute approximate surface area is 122 Å². The first-order chi connectivity index (χ1) is 9.35. The van der Waals surface area contributed by atoms with Gasteiger partial charge < -0.3 is 9.47 Å². The lowest BCUT2D eigenvalue weighted by molar-refractivity contribution is -0.137. The number of allylic oxidation sites excluding steroid dienone is 5. The van der Waals surface area contributed by atoms with Crippen LogP contribution in [0.1, 0.15) is 47.5 Å². The standard InChI is InChI=1S/C17H26O3/c1-6-19-16(18)12-14(3)9-7-8-13(2)10-11-15-17(4,5)20-15/h7-9,12,15H,6,10-11H2,1-5H3. The van der Waals surface area contributed by atoms with E-state index in [0.29, 0.717) is 12.7 Å². The van der Waals surface area contributed by atoms with Crippen LogP contribution in [0.5, 0.6) is 0 Å². The molecule has 0 bridgehead atoms. The van der Waals surface area contributed by atoms with Crippen LogP contribution in [0.25, 0.3) is 0 Å². The average molecular weight is 278 g/mol. The Morgan fingerprint density at radius 2 is 2.00 bits per heavy atom. The molecule has 0 radical (unpaired) electrons. The zero-order valence-corrected chi connectivity index (χ0v) is 13.2. The second kappa shape index (κ2) is 7.44. The van der Waals surface area contributed by atoms with Crippen LogP contribution >= 0.6 is 0 Å². The zero-order chi connectivity index (χ0) is 15.2. The largest absolute Gasteiger partial charge is 0.463 e. The van der Waals surface area contributed by atoms with Crippen molar-refractivity contribution in [3.63, 3.8) is 0 Å². The highest BCUT2D eigenvalue weighted by Gasteiger charge is 2.46. The van der Waals surface area contributed by atoms with Crippen molar-refractivity contribution in [2.45, 2.75) is 59.2 Å². The van der Waals surface area contributed by atoms with Gasteiger partial charge >= 0.3 is 5.97 Å². The second-order valence-corrected chi connectivity index (χ2v) is 5.76. The van der Waals surface area contributed by atoms with Gasteiger partial charge in [-0.05, 0) is 53.0 Å². The summed E-state index contributed by atoms with van der Waals surface area (Å²) in [6, 6.07) is 0. The summed E-state index contributed by atoms with van der Waals surface area (Å²) in [5.74, 6) is -0.288. The van der Waals surface area contributed by atoms with Crippen molar-refractivity contribution in [2.24, 2.45) is 0 Å². The van der Waals surface area contributed by atoms with E-state index >= 15 is 0 Å². The summed E-state index contributed by atoms with van der Waals surface area (Å²) < 4.78 is 10.4. The molecule has 20 heavy (non-hydrogen) atoms. The van der Waals surface area contributed by atoms with Crippen LogP contribution in [0.15, 0.2) is 35.5 Å². The minimum atomic E-state index is -0.288. The van der Waals surface area contributed by atoms with Gasteiger partial charge in [0.2, 0.25) is 0 Å². The van der Waals surface area contributed by atoms with Gasteiger partial charge in [-0.25, -0.2) is 4.79 Å². The molecule has 0 aromatic heterocycles. The van der Waals surface area contributed by atoms with Gasteiger partial charge in [-0.3, -0.25) is 0 Å². The maximum atomic E-state index is 11.2. The zero-order valence-electron chi connectivity index (χ0n) is 13.2. The fraction of sp³-hybridized carbons (Fsp3) is 0.588. The molecule has 1 aliphatic rings. The molecular weight excluding hydrogens is 252 g/mol. The van der Waals surface area contributed by atoms with Crippen LogP contribution in [0, 0.1) is 0 Å². The van der Waals surface area contributed by atoms with Crippen molar-refractivity contribution in [3.05, 3.63) is 35.5 Å². The van der Waals surface area contributed by atoms with E-state index in [9.17, 15) is 4.79 Å². The normalized spacial score (nSPS) is 22.1. The Kier molecular flexibility index (Phi) is 6.21. The van der Waals surface area contributed by atoms with Gasteiger partial charge in [-0.1, -0.05) is 23.8 Å². The number of epoxide rings is 1. The van der Waals surface area contributed by atoms with Crippen LogP contribution < -0.4 is 0 Å². The number of esters is 1. The topological polar surface area (TPSA) is 38.8 Å². The van der Waals surface area contributed by atoms with Gasteiger partial charge in [0.25, 0.3) is 0 Å². The molecule has 0 aromatic carbocycles. The van der Waals surface area contributed by atoms with Crippen LogP contribution in [0.3, 0.4) is 0 Å². The molecule has 0 amide bonds. The van der Waals surface area contributed by atoms with Crippen molar-refractivity contribution in [1.82, 2.24) is 0 Å². The predicted octanol–water partition coefficient (Wildman–Crippen LogP) is 3.96. The molecule has 1 rings (SSSR count). The Morgan fingerprint density at radius 1 is 1.35 bits per heavy atom. The predicted molar refractivity (Wildman–Crippen MR) is 81.5 cm³/mol. The molecule has 1 heterocycles. The van der Waals surface area contributed by atoms with E-state index in [2.05, 4.69) is 26.8 Å². The smallest absolute Gasteiger partial charge is 0.330 e. The molecule has 1 atom stereocenters. The summed E-state index contributed by atoms with van der Waals surface area (Å²) in [7, 11) is 0. The summed E-state index contributed by atoms with van der Waals surface area (Å²) in [6.07, 6.45) is 9.99. The highest BCUT2D eigenvalue weighted by molar-refractivity contribution is 5.83. The number of carbonyl (C=O) groups is 1. The summed E-state index contributed by atoms with van der Waals surface area (Å²) in [5.41, 5.74) is 2.28. The van der Waals surface area contributed by atoms with E-state index in [1.807, 2.05) is 19.1 Å². The molecule has 0 saturated carbocycles. The van der Waals surface area contributed by atoms with E-state index < -0.39 is 0 Å². The average Bonchev–Trinajstić information content (AvgIpc) is 2.94.